The highest BCUT2D eigenvalue weighted by Gasteiger charge is 2.17. The Kier molecular flexibility index (Phi) is 5.48. The van der Waals surface area contributed by atoms with Crippen LogP contribution in [0.5, 0.6) is 5.75 Å². The van der Waals surface area contributed by atoms with Crippen LogP contribution in [0, 0.1) is 0 Å². The number of hydrogen-bond acceptors (Lipinski definition) is 5. The Morgan fingerprint density at radius 3 is 2.05 bits per heavy atom. The van der Waals surface area contributed by atoms with Crippen molar-refractivity contribution in [3.05, 3.63) is 24.3 Å². The maximum atomic E-state index is 11.7. The summed E-state index contributed by atoms with van der Waals surface area (Å²) < 4.78 is 0. The van der Waals surface area contributed by atoms with Crippen molar-refractivity contribution in [1.82, 2.24) is 4.90 Å². The van der Waals surface area contributed by atoms with Crippen LogP contribution in [0.25, 0.3) is 0 Å². The highest BCUT2D eigenvalue weighted by atomic mass is 16.4. The zero-order chi connectivity index (χ0) is 15.1. The van der Waals surface area contributed by atoms with Gasteiger partial charge in [-0.25, -0.2) is 0 Å². The van der Waals surface area contributed by atoms with Gasteiger partial charge in [-0.15, -0.1) is 0 Å². The number of phenolic OH excluding ortho intramolecular Hbond substituents is 1. The zero-order valence-corrected chi connectivity index (χ0v) is 10.4. The SMILES string of the molecule is O=C(O)CN(CC(=O)O)CC(=O)Nc1ccccc1O. The topological polar surface area (TPSA) is 127 Å². The third-order valence-corrected chi connectivity index (χ3v) is 2.26. The second kappa shape index (κ2) is 7.10. The average molecular weight is 282 g/mol. The summed E-state index contributed by atoms with van der Waals surface area (Å²) in [5.41, 5.74) is 0.170. The van der Waals surface area contributed by atoms with Crippen molar-refractivity contribution in [2.24, 2.45) is 0 Å². The molecule has 108 valence electrons. The third kappa shape index (κ3) is 5.36. The molecule has 0 atom stereocenters. The molecule has 0 bridgehead atoms. The molecule has 0 radical (unpaired) electrons. The number of hydrogen-bond donors (Lipinski definition) is 4. The molecule has 20 heavy (non-hydrogen) atoms. The van der Waals surface area contributed by atoms with Crippen molar-refractivity contribution < 1.29 is 29.7 Å². The zero-order valence-electron chi connectivity index (χ0n) is 10.4. The summed E-state index contributed by atoms with van der Waals surface area (Å²) in [5, 5.41) is 29.1. The smallest absolute Gasteiger partial charge is 0.317 e. The predicted octanol–water partition coefficient (Wildman–Crippen LogP) is -0.198. The Morgan fingerprint density at radius 2 is 1.55 bits per heavy atom. The van der Waals surface area contributed by atoms with Crippen LogP contribution in [0.3, 0.4) is 0 Å². The van der Waals surface area contributed by atoms with Crippen LogP contribution in [0.2, 0.25) is 0 Å². The molecule has 1 rings (SSSR count). The lowest BCUT2D eigenvalue weighted by molar-refractivity contribution is -0.142. The van der Waals surface area contributed by atoms with Crippen molar-refractivity contribution in [3.8, 4) is 5.75 Å². The summed E-state index contributed by atoms with van der Waals surface area (Å²) >= 11 is 0. The molecule has 8 heteroatoms. The van der Waals surface area contributed by atoms with Gasteiger partial charge >= 0.3 is 11.9 Å². The minimum absolute atomic E-state index is 0.135. The second-order valence-corrected chi connectivity index (χ2v) is 4.00. The van der Waals surface area contributed by atoms with Crippen molar-refractivity contribution in [1.29, 1.82) is 0 Å². The number of benzene rings is 1. The quantitative estimate of drug-likeness (QED) is 0.510. The van der Waals surface area contributed by atoms with E-state index in [1.807, 2.05) is 0 Å². The summed E-state index contributed by atoms with van der Waals surface area (Å²) in [5.74, 6) is -3.22. The lowest BCUT2D eigenvalue weighted by atomic mass is 10.3. The minimum Gasteiger partial charge on any atom is -0.506 e. The number of aliphatic carboxylic acids is 2. The van der Waals surface area contributed by atoms with Crippen LogP contribution in [0.1, 0.15) is 0 Å². The number of phenols is 1. The monoisotopic (exact) mass is 282 g/mol. The fourth-order valence-corrected chi connectivity index (χ4v) is 1.52. The van der Waals surface area contributed by atoms with E-state index in [4.69, 9.17) is 10.2 Å². The number of carbonyl (C=O) groups excluding carboxylic acids is 1. The van der Waals surface area contributed by atoms with E-state index in [1.54, 1.807) is 12.1 Å². The molecule has 0 aliphatic heterocycles. The number of nitrogens with zero attached hydrogens (tertiary/aromatic N) is 1. The number of carbonyl (C=O) groups is 3. The molecule has 0 fully saturated rings. The molecule has 8 nitrogen and oxygen atoms in total. The molecule has 0 saturated carbocycles. The Labute approximate surface area is 114 Å². The molecule has 1 aromatic rings. The van der Waals surface area contributed by atoms with Crippen LogP contribution in [0.4, 0.5) is 5.69 Å². The maximum Gasteiger partial charge on any atom is 0.317 e. The van der Waals surface area contributed by atoms with Gasteiger partial charge in [-0.05, 0) is 12.1 Å². The van der Waals surface area contributed by atoms with E-state index in [9.17, 15) is 19.5 Å². The first-order valence-electron chi connectivity index (χ1n) is 5.62. The van der Waals surface area contributed by atoms with Crippen molar-refractivity contribution in [3.63, 3.8) is 0 Å². The number of nitrogens with one attached hydrogen (secondary N) is 1. The predicted molar refractivity (Wildman–Crippen MR) is 68.4 cm³/mol. The number of rotatable bonds is 7. The lowest BCUT2D eigenvalue weighted by Gasteiger charge is -2.17. The Hall–Kier alpha value is -2.61. The van der Waals surface area contributed by atoms with Gasteiger partial charge in [0.05, 0.1) is 25.3 Å². The Balaban J connectivity index is 2.64. The number of anilines is 1. The van der Waals surface area contributed by atoms with Crippen LogP contribution in [-0.4, -0.2) is 57.7 Å². The Bertz CT molecular complexity index is 500. The van der Waals surface area contributed by atoms with E-state index in [1.165, 1.54) is 12.1 Å². The molecule has 0 saturated heterocycles. The molecule has 0 unspecified atom stereocenters. The molecule has 0 spiro atoms. The van der Waals surface area contributed by atoms with Gasteiger partial charge in [-0.1, -0.05) is 12.1 Å². The highest BCUT2D eigenvalue weighted by Crippen LogP contribution is 2.21. The van der Waals surface area contributed by atoms with Gasteiger partial charge in [0.15, 0.2) is 0 Å². The number of amides is 1. The summed E-state index contributed by atoms with van der Waals surface area (Å²) in [6, 6.07) is 6.02. The maximum absolute atomic E-state index is 11.7. The molecular formula is C12H14N2O6. The minimum atomic E-state index is -1.23. The van der Waals surface area contributed by atoms with E-state index in [0.29, 0.717) is 0 Å². The van der Waals surface area contributed by atoms with Gasteiger partial charge in [0, 0.05) is 0 Å². The number of carboxylic acid groups (broad SMARTS) is 2. The largest absolute Gasteiger partial charge is 0.506 e. The Morgan fingerprint density at radius 1 is 1.00 bits per heavy atom. The first-order valence-corrected chi connectivity index (χ1v) is 5.62. The van der Waals surface area contributed by atoms with Gasteiger partial charge in [-0.3, -0.25) is 19.3 Å². The fraction of sp³-hybridized carbons (Fsp3) is 0.250. The molecule has 1 amide bonds. The molecule has 0 aliphatic carbocycles. The van der Waals surface area contributed by atoms with Crippen LogP contribution < -0.4 is 5.32 Å². The first-order chi connectivity index (χ1) is 9.38. The van der Waals surface area contributed by atoms with E-state index in [0.717, 1.165) is 4.90 Å². The molecular weight excluding hydrogens is 268 g/mol. The fourth-order valence-electron chi connectivity index (χ4n) is 1.52. The van der Waals surface area contributed by atoms with Gasteiger partial charge in [-0.2, -0.15) is 0 Å². The average Bonchev–Trinajstić information content (AvgIpc) is 2.30. The molecule has 0 heterocycles. The standard InChI is InChI=1S/C12H14N2O6/c15-9-4-2-1-3-8(9)13-10(16)5-14(6-11(17)18)7-12(19)20/h1-4,15H,5-7H2,(H,13,16)(H,17,18)(H,19,20). The lowest BCUT2D eigenvalue weighted by Crippen LogP contribution is -2.40. The number of aromatic hydroxyl groups is 1. The van der Waals surface area contributed by atoms with E-state index in [2.05, 4.69) is 5.32 Å². The van der Waals surface area contributed by atoms with Gasteiger partial charge < -0.3 is 20.6 Å². The molecule has 1 aromatic carbocycles. The summed E-state index contributed by atoms with van der Waals surface area (Å²) in [6.07, 6.45) is 0. The second-order valence-electron chi connectivity index (χ2n) is 4.00. The number of carboxylic acids is 2. The van der Waals surface area contributed by atoms with Gasteiger partial charge in [0.25, 0.3) is 0 Å². The van der Waals surface area contributed by atoms with Crippen molar-refractivity contribution >= 4 is 23.5 Å². The van der Waals surface area contributed by atoms with Crippen LogP contribution in [-0.2, 0) is 14.4 Å². The summed E-state index contributed by atoms with van der Waals surface area (Å²) in [6.45, 7) is -1.55. The van der Waals surface area contributed by atoms with E-state index in [-0.39, 0.29) is 11.4 Å². The molecule has 0 aliphatic rings. The van der Waals surface area contributed by atoms with Crippen LogP contribution in [0.15, 0.2) is 24.3 Å². The van der Waals surface area contributed by atoms with Crippen molar-refractivity contribution in [2.75, 3.05) is 25.0 Å². The first kappa shape index (κ1) is 15.4. The van der Waals surface area contributed by atoms with Gasteiger partial charge in [0.2, 0.25) is 5.91 Å². The van der Waals surface area contributed by atoms with Crippen LogP contribution >= 0.6 is 0 Å². The highest BCUT2D eigenvalue weighted by molar-refractivity contribution is 5.94. The van der Waals surface area contributed by atoms with Crippen molar-refractivity contribution in [2.45, 2.75) is 0 Å². The van der Waals surface area contributed by atoms with E-state index < -0.39 is 37.5 Å². The van der Waals surface area contributed by atoms with E-state index >= 15 is 0 Å². The third-order valence-electron chi connectivity index (χ3n) is 2.26. The summed E-state index contributed by atoms with van der Waals surface area (Å²) in [4.78, 5) is 33.8. The molecule has 4 N–H and O–H groups in total. The summed E-state index contributed by atoms with van der Waals surface area (Å²) in [7, 11) is 0. The van der Waals surface area contributed by atoms with Gasteiger partial charge in [0.1, 0.15) is 5.75 Å². The normalized spacial score (nSPS) is 10.2. The molecule has 0 aromatic heterocycles. The number of para-hydroxylation sites is 2.